The van der Waals surface area contributed by atoms with Gasteiger partial charge in [0.2, 0.25) is 0 Å². The van der Waals surface area contributed by atoms with Crippen LogP contribution in [0.5, 0.6) is 17.2 Å². The Hall–Kier alpha value is -2.83. The quantitative estimate of drug-likeness (QED) is 0.881. The molecule has 2 rings (SSSR count). The second kappa shape index (κ2) is 7.63. The van der Waals surface area contributed by atoms with Gasteiger partial charge in [0.05, 0.1) is 21.3 Å². The maximum atomic E-state index is 13.2. The van der Waals surface area contributed by atoms with Gasteiger partial charge in [-0.1, -0.05) is 0 Å². The Balaban J connectivity index is 2.20. The first-order valence-corrected chi connectivity index (χ1v) is 7.01. The van der Waals surface area contributed by atoms with Gasteiger partial charge in [-0.05, 0) is 18.2 Å². The summed E-state index contributed by atoms with van der Waals surface area (Å²) in [4.78, 5) is 12.1. The zero-order valence-corrected chi connectivity index (χ0v) is 13.5. The first-order valence-electron chi connectivity index (χ1n) is 7.01. The van der Waals surface area contributed by atoms with Gasteiger partial charge in [0, 0.05) is 29.8 Å². The van der Waals surface area contributed by atoms with Crippen LogP contribution < -0.4 is 19.5 Å². The maximum absolute atomic E-state index is 13.2. The molecule has 0 unspecified atom stereocenters. The fourth-order valence-corrected chi connectivity index (χ4v) is 2.19. The molecule has 0 aliphatic rings. The van der Waals surface area contributed by atoms with Gasteiger partial charge in [-0.3, -0.25) is 4.79 Å². The fraction of sp³-hybridized carbons (Fsp3) is 0.235. The van der Waals surface area contributed by atoms with Crippen molar-refractivity contribution >= 4 is 5.91 Å². The summed E-state index contributed by atoms with van der Waals surface area (Å²) in [6.45, 7) is 0.0838. The summed E-state index contributed by atoms with van der Waals surface area (Å²) >= 11 is 0. The van der Waals surface area contributed by atoms with E-state index in [9.17, 15) is 13.6 Å². The van der Waals surface area contributed by atoms with Crippen molar-refractivity contribution in [2.24, 2.45) is 0 Å². The summed E-state index contributed by atoms with van der Waals surface area (Å²) in [7, 11) is 4.47. The highest BCUT2D eigenvalue weighted by atomic mass is 19.1. The minimum atomic E-state index is -0.816. The van der Waals surface area contributed by atoms with E-state index < -0.39 is 17.5 Å². The van der Waals surface area contributed by atoms with Gasteiger partial charge in [0.15, 0.2) is 11.5 Å². The van der Waals surface area contributed by atoms with Crippen LogP contribution in [0.1, 0.15) is 15.9 Å². The van der Waals surface area contributed by atoms with Gasteiger partial charge in [0.25, 0.3) is 5.91 Å². The molecule has 0 aliphatic heterocycles. The summed E-state index contributed by atoms with van der Waals surface area (Å²) < 4.78 is 42.0. The van der Waals surface area contributed by atoms with E-state index in [2.05, 4.69) is 5.32 Å². The molecule has 0 bridgehead atoms. The lowest BCUT2D eigenvalue weighted by molar-refractivity contribution is 0.0949. The second-order valence-corrected chi connectivity index (χ2v) is 4.86. The highest BCUT2D eigenvalue weighted by molar-refractivity contribution is 5.94. The van der Waals surface area contributed by atoms with E-state index >= 15 is 0 Å². The smallest absolute Gasteiger partial charge is 0.251 e. The average molecular weight is 337 g/mol. The number of amides is 1. The summed E-state index contributed by atoms with van der Waals surface area (Å²) in [5, 5.41) is 2.58. The number of hydrogen-bond acceptors (Lipinski definition) is 4. The Morgan fingerprint density at radius 1 is 0.875 bits per heavy atom. The third-order valence-corrected chi connectivity index (χ3v) is 3.35. The molecule has 0 aliphatic carbocycles. The maximum Gasteiger partial charge on any atom is 0.251 e. The average Bonchev–Trinajstić information content (AvgIpc) is 2.57. The zero-order valence-electron chi connectivity index (χ0n) is 13.5. The van der Waals surface area contributed by atoms with Gasteiger partial charge < -0.3 is 19.5 Å². The molecule has 7 heteroatoms. The summed E-state index contributed by atoms with van der Waals surface area (Å²) in [6, 6.07) is 5.91. The van der Waals surface area contributed by atoms with Crippen molar-refractivity contribution < 1.29 is 27.8 Å². The lowest BCUT2D eigenvalue weighted by atomic mass is 10.1. The number of carbonyl (C=O) groups is 1. The third kappa shape index (κ3) is 3.92. The first-order chi connectivity index (χ1) is 11.5. The van der Waals surface area contributed by atoms with Gasteiger partial charge in [-0.15, -0.1) is 0 Å². The molecule has 1 N–H and O–H groups in total. The van der Waals surface area contributed by atoms with Crippen LogP contribution in [0, 0.1) is 11.6 Å². The van der Waals surface area contributed by atoms with Gasteiger partial charge in [0.1, 0.15) is 17.4 Å². The molecule has 0 atom stereocenters. The van der Waals surface area contributed by atoms with Crippen molar-refractivity contribution in [1.82, 2.24) is 5.32 Å². The number of hydrogen-bond donors (Lipinski definition) is 1. The molecule has 0 heterocycles. The summed E-state index contributed by atoms with van der Waals surface area (Å²) in [6.07, 6.45) is 0. The Morgan fingerprint density at radius 3 is 1.96 bits per heavy atom. The van der Waals surface area contributed by atoms with Crippen LogP contribution in [0.15, 0.2) is 30.3 Å². The molecule has 5 nitrogen and oxygen atoms in total. The summed E-state index contributed by atoms with van der Waals surface area (Å²) in [5.74, 6) is -0.799. The monoisotopic (exact) mass is 337 g/mol. The molecule has 2 aromatic carbocycles. The van der Waals surface area contributed by atoms with Crippen molar-refractivity contribution in [2.75, 3.05) is 21.3 Å². The zero-order chi connectivity index (χ0) is 17.7. The Bertz CT molecular complexity index is 729. The molecule has 0 saturated carbocycles. The van der Waals surface area contributed by atoms with Crippen LogP contribution in [-0.4, -0.2) is 27.2 Å². The van der Waals surface area contributed by atoms with E-state index in [4.69, 9.17) is 14.2 Å². The van der Waals surface area contributed by atoms with Crippen LogP contribution in [0.3, 0.4) is 0 Å². The third-order valence-electron chi connectivity index (χ3n) is 3.35. The number of benzene rings is 2. The molecule has 0 spiro atoms. The molecule has 128 valence electrons. The second-order valence-electron chi connectivity index (χ2n) is 4.86. The van der Waals surface area contributed by atoms with Gasteiger partial charge in [-0.25, -0.2) is 8.78 Å². The van der Waals surface area contributed by atoms with Crippen LogP contribution in [0.4, 0.5) is 8.78 Å². The number of carbonyl (C=O) groups excluding carboxylic acids is 1. The first kappa shape index (κ1) is 17.5. The standard InChI is InChI=1S/C17H17F2NO4/c1-22-14-8-16(24-3)15(23-2)6-11(14)9-20-17(21)10-4-12(18)7-13(19)5-10/h4-8H,9H2,1-3H3,(H,20,21). The van der Waals surface area contributed by atoms with E-state index in [0.29, 0.717) is 28.9 Å². The predicted molar refractivity (Wildman–Crippen MR) is 83.6 cm³/mol. The van der Waals surface area contributed by atoms with Crippen LogP contribution in [0.25, 0.3) is 0 Å². The van der Waals surface area contributed by atoms with E-state index in [-0.39, 0.29) is 12.1 Å². The Labute approximate surface area is 138 Å². The Kier molecular flexibility index (Phi) is 5.57. The Morgan fingerprint density at radius 2 is 1.42 bits per heavy atom. The normalized spacial score (nSPS) is 10.2. The summed E-state index contributed by atoms with van der Waals surface area (Å²) in [5.41, 5.74) is 0.521. The topological polar surface area (TPSA) is 56.8 Å². The van der Waals surface area contributed by atoms with Crippen LogP contribution in [-0.2, 0) is 6.54 Å². The largest absolute Gasteiger partial charge is 0.496 e. The molecule has 1 amide bonds. The molecular weight excluding hydrogens is 320 g/mol. The molecule has 0 saturated heterocycles. The lowest BCUT2D eigenvalue weighted by Crippen LogP contribution is -2.23. The predicted octanol–water partition coefficient (Wildman–Crippen LogP) is 2.92. The van der Waals surface area contributed by atoms with Gasteiger partial charge in [-0.2, -0.15) is 0 Å². The molecule has 24 heavy (non-hydrogen) atoms. The van der Waals surface area contributed by atoms with Crippen molar-refractivity contribution in [3.8, 4) is 17.2 Å². The van der Waals surface area contributed by atoms with Crippen molar-refractivity contribution in [2.45, 2.75) is 6.54 Å². The number of ether oxygens (including phenoxy) is 3. The van der Waals surface area contributed by atoms with E-state index in [1.807, 2.05) is 0 Å². The number of halogens is 2. The lowest BCUT2D eigenvalue weighted by Gasteiger charge is -2.14. The van der Waals surface area contributed by atoms with Crippen molar-refractivity contribution in [3.63, 3.8) is 0 Å². The molecule has 2 aromatic rings. The fourth-order valence-electron chi connectivity index (χ4n) is 2.19. The van der Waals surface area contributed by atoms with E-state index in [0.717, 1.165) is 12.1 Å². The SMILES string of the molecule is COc1cc(OC)c(OC)cc1CNC(=O)c1cc(F)cc(F)c1. The minimum Gasteiger partial charge on any atom is -0.496 e. The number of nitrogens with one attached hydrogen (secondary N) is 1. The van der Waals surface area contributed by atoms with Crippen LogP contribution in [0.2, 0.25) is 0 Å². The van der Waals surface area contributed by atoms with Crippen LogP contribution >= 0.6 is 0 Å². The number of methoxy groups -OCH3 is 3. The molecule has 0 fully saturated rings. The number of rotatable bonds is 6. The van der Waals surface area contributed by atoms with Gasteiger partial charge >= 0.3 is 0 Å². The van der Waals surface area contributed by atoms with Crippen molar-refractivity contribution in [3.05, 3.63) is 53.1 Å². The van der Waals surface area contributed by atoms with Crippen molar-refractivity contribution in [1.29, 1.82) is 0 Å². The molecule has 0 radical (unpaired) electrons. The highest BCUT2D eigenvalue weighted by Crippen LogP contribution is 2.34. The van der Waals surface area contributed by atoms with E-state index in [1.165, 1.54) is 21.3 Å². The minimum absolute atomic E-state index is 0.0838. The van der Waals surface area contributed by atoms with E-state index in [1.54, 1.807) is 12.1 Å². The molecule has 0 aromatic heterocycles. The highest BCUT2D eigenvalue weighted by Gasteiger charge is 2.14. The molecular formula is C17H17F2NO4.